The molecular formula is C17H24ClN3. The van der Waals surface area contributed by atoms with Gasteiger partial charge in [0.2, 0.25) is 0 Å². The van der Waals surface area contributed by atoms with Crippen molar-refractivity contribution in [3.8, 4) is 0 Å². The van der Waals surface area contributed by atoms with E-state index in [0.717, 1.165) is 48.8 Å². The number of aryl methyl sites for hydroxylation is 1. The molecule has 21 heavy (non-hydrogen) atoms. The molecule has 0 amide bonds. The number of hydrogen-bond donors (Lipinski definition) is 1. The summed E-state index contributed by atoms with van der Waals surface area (Å²) in [7, 11) is 0. The minimum absolute atomic E-state index is 0.736. The Morgan fingerprint density at radius 1 is 1.24 bits per heavy atom. The van der Waals surface area contributed by atoms with E-state index >= 15 is 0 Å². The van der Waals surface area contributed by atoms with Crippen molar-refractivity contribution >= 4 is 11.6 Å². The molecule has 0 radical (unpaired) electrons. The van der Waals surface area contributed by atoms with E-state index in [1.165, 1.54) is 11.3 Å². The summed E-state index contributed by atoms with van der Waals surface area (Å²) in [6.45, 7) is 9.21. The van der Waals surface area contributed by atoms with Crippen LogP contribution < -0.4 is 5.32 Å². The first-order valence-electron chi connectivity index (χ1n) is 7.60. The molecule has 0 saturated heterocycles. The lowest BCUT2D eigenvalue weighted by molar-refractivity contribution is 0.653. The van der Waals surface area contributed by atoms with Gasteiger partial charge in [0, 0.05) is 10.7 Å². The standard InChI is InChI=1S/C17H24ClN3/c1-4-19-11-7-9-16-13(2)20-21(14(16)3)12-15-8-5-6-10-17(15)18/h5-6,8,10,19H,4,7,9,11-12H2,1-3H3. The van der Waals surface area contributed by atoms with Gasteiger partial charge in [0.25, 0.3) is 0 Å². The van der Waals surface area contributed by atoms with E-state index in [1.54, 1.807) is 0 Å². The summed E-state index contributed by atoms with van der Waals surface area (Å²) in [5.74, 6) is 0. The van der Waals surface area contributed by atoms with Gasteiger partial charge in [-0.15, -0.1) is 0 Å². The molecule has 2 aromatic rings. The quantitative estimate of drug-likeness (QED) is 0.790. The largest absolute Gasteiger partial charge is 0.317 e. The second kappa shape index (κ2) is 7.62. The Balaban J connectivity index is 2.10. The number of hydrogen-bond acceptors (Lipinski definition) is 2. The Kier molecular flexibility index (Phi) is 5.83. The third kappa shape index (κ3) is 4.08. The molecule has 2 rings (SSSR count). The molecule has 114 valence electrons. The number of benzene rings is 1. The Labute approximate surface area is 132 Å². The average Bonchev–Trinajstić information content (AvgIpc) is 2.73. The van der Waals surface area contributed by atoms with Crippen molar-refractivity contribution in [3.63, 3.8) is 0 Å². The smallest absolute Gasteiger partial charge is 0.0677 e. The minimum Gasteiger partial charge on any atom is -0.317 e. The summed E-state index contributed by atoms with van der Waals surface area (Å²) in [6.07, 6.45) is 2.22. The molecular weight excluding hydrogens is 282 g/mol. The first kappa shape index (κ1) is 16.1. The highest BCUT2D eigenvalue weighted by molar-refractivity contribution is 6.31. The summed E-state index contributed by atoms with van der Waals surface area (Å²) < 4.78 is 2.07. The van der Waals surface area contributed by atoms with Gasteiger partial charge in [-0.1, -0.05) is 36.7 Å². The molecule has 0 aliphatic carbocycles. The monoisotopic (exact) mass is 305 g/mol. The van der Waals surface area contributed by atoms with Crippen molar-refractivity contribution < 1.29 is 0 Å². The highest BCUT2D eigenvalue weighted by Crippen LogP contribution is 2.20. The normalized spacial score (nSPS) is 11.0. The van der Waals surface area contributed by atoms with Gasteiger partial charge in [-0.3, -0.25) is 4.68 Å². The molecule has 4 heteroatoms. The molecule has 0 bridgehead atoms. The zero-order valence-corrected chi connectivity index (χ0v) is 13.9. The van der Waals surface area contributed by atoms with Crippen molar-refractivity contribution in [3.05, 3.63) is 51.8 Å². The predicted octanol–water partition coefficient (Wildman–Crippen LogP) is 3.74. The Morgan fingerprint density at radius 3 is 2.71 bits per heavy atom. The second-order valence-electron chi connectivity index (χ2n) is 5.36. The van der Waals surface area contributed by atoms with Gasteiger partial charge in [-0.05, 0) is 57.0 Å². The number of nitrogens with one attached hydrogen (secondary N) is 1. The summed E-state index contributed by atoms with van der Waals surface area (Å²) in [4.78, 5) is 0. The van der Waals surface area contributed by atoms with E-state index in [1.807, 2.05) is 18.2 Å². The maximum absolute atomic E-state index is 6.24. The van der Waals surface area contributed by atoms with Gasteiger partial charge >= 0.3 is 0 Å². The Bertz CT molecular complexity index is 590. The van der Waals surface area contributed by atoms with Crippen LogP contribution in [0.4, 0.5) is 0 Å². The zero-order chi connectivity index (χ0) is 15.2. The molecule has 1 aromatic heterocycles. The van der Waals surface area contributed by atoms with Crippen molar-refractivity contribution in [2.45, 2.75) is 40.2 Å². The lowest BCUT2D eigenvalue weighted by Crippen LogP contribution is -2.14. The maximum Gasteiger partial charge on any atom is 0.0677 e. The fraction of sp³-hybridized carbons (Fsp3) is 0.471. The number of rotatable bonds is 7. The predicted molar refractivity (Wildman–Crippen MR) is 89.1 cm³/mol. The minimum atomic E-state index is 0.736. The van der Waals surface area contributed by atoms with E-state index in [0.29, 0.717) is 0 Å². The Hall–Kier alpha value is -1.32. The van der Waals surface area contributed by atoms with Crippen LogP contribution in [0.3, 0.4) is 0 Å². The van der Waals surface area contributed by atoms with E-state index in [-0.39, 0.29) is 0 Å². The number of aromatic nitrogens is 2. The van der Waals surface area contributed by atoms with Crippen LogP contribution in [-0.4, -0.2) is 22.9 Å². The maximum atomic E-state index is 6.24. The van der Waals surface area contributed by atoms with Crippen molar-refractivity contribution in [2.24, 2.45) is 0 Å². The average molecular weight is 306 g/mol. The van der Waals surface area contributed by atoms with Gasteiger partial charge in [0.15, 0.2) is 0 Å². The lowest BCUT2D eigenvalue weighted by Gasteiger charge is -2.07. The van der Waals surface area contributed by atoms with Gasteiger partial charge in [-0.25, -0.2) is 0 Å². The summed E-state index contributed by atoms with van der Waals surface area (Å²) in [5.41, 5.74) is 4.88. The Morgan fingerprint density at radius 2 is 2.00 bits per heavy atom. The molecule has 1 N–H and O–H groups in total. The zero-order valence-electron chi connectivity index (χ0n) is 13.1. The highest BCUT2D eigenvalue weighted by Gasteiger charge is 2.12. The lowest BCUT2D eigenvalue weighted by atomic mass is 10.1. The summed E-state index contributed by atoms with van der Waals surface area (Å²) in [5, 5.41) is 8.85. The van der Waals surface area contributed by atoms with Gasteiger partial charge in [-0.2, -0.15) is 5.10 Å². The van der Waals surface area contributed by atoms with Gasteiger partial charge < -0.3 is 5.32 Å². The van der Waals surface area contributed by atoms with Crippen LogP contribution >= 0.6 is 11.6 Å². The van der Waals surface area contributed by atoms with E-state index in [2.05, 4.69) is 41.9 Å². The van der Waals surface area contributed by atoms with Crippen LogP contribution in [0.25, 0.3) is 0 Å². The fourth-order valence-corrected chi connectivity index (χ4v) is 2.80. The highest BCUT2D eigenvalue weighted by atomic mass is 35.5. The van der Waals surface area contributed by atoms with Crippen molar-refractivity contribution in [1.82, 2.24) is 15.1 Å². The SMILES string of the molecule is CCNCCCc1c(C)nn(Cc2ccccc2Cl)c1C. The van der Waals surface area contributed by atoms with Crippen LogP contribution in [-0.2, 0) is 13.0 Å². The first-order valence-corrected chi connectivity index (χ1v) is 7.98. The van der Waals surface area contributed by atoms with E-state index in [4.69, 9.17) is 11.6 Å². The first-order chi connectivity index (χ1) is 10.1. The van der Waals surface area contributed by atoms with Crippen LogP contribution in [0.1, 0.15) is 35.9 Å². The molecule has 0 spiro atoms. The topological polar surface area (TPSA) is 29.9 Å². The molecule has 1 heterocycles. The van der Waals surface area contributed by atoms with Crippen LogP contribution in [0, 0.1) is 13.8 Å². The molecule has 0 fully saturated rings. The molecule has 0 atom stereocenters. The summed E-state index contributed by atoms with van der Waals surface area (Å²) in [6, 6.07) is 7.97. The molecule has 3 nitrogen and oxygen atoms in total. The molecule has 0 saturated carbocycles. The molecule has 0 unspecified atom stereocenters. The van der Waals surface area contributed by atoms with Crippen LogP contribution in [0.15, 0.2) is 24.3 Å². The van der Waals surface area contributed by atoms with Crippen LogP contribution in [0.5, 0.6) is 0 Å². The van der Waals surface area contributed by atoms with E-state index < -0.39 is 0 Å². The molecule has 0 aliphatic rings. The van der Waals surface area contributed by atoms with Crippen molar-refractivity contribution in [1.29, 1.82) is 0 Å². The van der Waals surface area contributed by atoms with Gasteiger partial charge in [0.1, 0.15) is 0 Å². The number of halogens is 1. The molecule has 1 aromatic carbocycles. The second-order valence-corrected chi connectivity index (χ2v) is 5.76. The molecule has 0 aliphatic heterocycles. The third-order valence-electron chi connectivity index (χ3n) is 3.84. The van der Waals surface area contributed by atoms with Crippen molar-refractivity contribution in [2.75, 3.05) is 13.1 Å². The third-order valence-corrected chi connectivity index (χ3v) is 4.21. The van der Waals surface area contributed by atoms with E-state index in [9.17, 15) is 0 Å². The number of nitrogens with zero attached hydrogens (tertiary/aromatic N) is 2. The fourth-order valence-electron chi connectivity index (χ4n) is 2.60. The van der Waals surface area contributed by atoms with Crippen LogP contribution in [0.2, 0.25) is 5.02 Å². The summed E-state index contributed by atoms with van der Waals surface area (Å²) >= 11 is 6.24. The van der Waals surface area contributed by atoms with Gasteiger partial charge in [0.05, 0.1) is 12.2 Å².